The van der Waals surface area contributed by atoms with Crippen LogP contribution in [-0.2, 0) is 6.54 Å². The molecule has 2 unspecified atom stereocenters. The number of hydrogen-bond acceptors (Lipinski definition) is 4. The number of nitrogens with one attached hydrogen (secondary N) is 1. The minimum Gasteiger partial charge on any atom is -0.313 e. The molecule has 1 aliphatic rings. The molecule has 196 valence electrons. The maximum atomic E-state index is 14.2. The second-order valence-electron chi connectivity index (χ2n) is 9.98. The van der Waals surface area contributed by atoms with Gasteiger partial charge in [0, 0.05) is 10.6 Å². The van der Waals surface area contributed by atoms with E-state index in [0.717, 1.165) is 36.9 Å². The fourth-order valence-corrected chi connectivity index (χ4v) is 5.47. The summed E-state index contributed by atoms with van der Waals surface area (Å²) in [5.74, 6) is 0.506. The van der Waals surface area contributed by atoms with Crippen LogP contribution in [0.4, 0.5) is 0 Å². The smallest absolute Gasteiger partial charge is 0.261 e. The van der Waals surface area contributed by atoms with Gasteiger partial charge < -0.3 is 4.90 Å². The molecule has 1 saturated heterocycles. The Balaban J connectivity index is 1.69. The third-order valence-corrected chi connectivity index (χ3v) is 7.54. The van der Waals surface area contributed by atoms with Gasteiger partial charge in [-0.1, -0.05) is 66.6 Å². The summed E-state index contributed by atoms with van der Waals surface area (Å²) in [7, 11) is 0. The van der Waals surface area contributed by atoms with Crippen LogP contribution in [0.1, 0.15) is 66.0 Å². The molecule has 4 aromatic rings. The highest BCUT2D eigenvalue weighted by atomic mass is 35.5. The van der Waals surface area contributed by atoms with Crippen LogP contribution in [0.15, 0.2) is 77.6 Å². The number of halogens is 1. The Labute approximate surface area is 228 Å². The molecule has 1 amide bonds. The van der Waals surface area contributed by atoms with Gasteiger partial charge in [0.25, 0.3) is 11.5 Å². The van der Waals surface area contributed by atoms with Crippen molar-refractivity contribution in [1.82, 2.24) is 19.8 Å². The second kappa shape index (κ2) is 11.5. The van der Waals surface area contributed by atoms with Gasteiger partial charge >= 0.3 is 0 Å². The molecule has 1 aromatic heterocycles. The van der Waals surface area contributed by atoms with Crippen molar-refractivity contribution in [3.63, 3.8) is 0 Å². The number of benzene rings is 3. The van der Waals surface area contributed by atoms with Crippen LogP contribution in [0.3, 0.4) is 0 Å². The van der Waals surface area contributed by atoms with Gasteiger partial charge in [-0.3, -0.25) is 19.5 Å². The van der Waals surface area contributed by atoms with E-state index in [1.807, 2.05) is 73.3 Å². The zero-order valence-electron chi connectivity index (χ0n) is 21.9. The number of piperidine rings is 1. The summed E-state index contributed by atoms with van der Waals surface area (Å²) in [5.41, 5.74) is 3.12. The van der Waals surface area contributed by atoms with Crippen molar-refractivity contribution in [1.29, 1.82) is 0 Å². The quantitative estimate of drug-likeness (QED) is 0.315. The highest BCUT2D eigenvalue weighted by molar-refractivity contribution is 6.31. The maximum absolute atomic E-state index is 14.2. The number of hydrogen-bond donors (Lipinski definition) is 1. The van der Waals surface area contributed by atoms with Gasteiger partial charge in [0.1, 0.15) is 5.82 Å². The molecule has 7 heteroatoms. The number of carbonyl (C=O) groups excluding carboxylic acids is 1. The second-order valence-corrected chi connectivity index (χ2v) is 10.4. The molecule has 1 N–H and O–H groups in total. The lowest BCUT2D eigenvalue weighted by Gasteiger charge is -2.40. The summed E-state index contributed by atoms with van der Waals surface area (Å²) in [6.07, 6.45) is 3.40. The molecule has 3 aromatic carbocycles. The Kier molecular flexibility index (Phi) is 7.91. The average molecular weight is 529 g/mol. The summed E-state index contributed by atoms with van der Waals surface area (Å²) in [6.45, 7) is 5.26. The molecule has 0 saturated carbocycles. The minimum atomic E-state index is -0.417. The first-order chi connectivity index (χ1) is 18.5. The zero-order valence-corrected chi connectivity index (χ0v) is 22.6. The predicted octanol–water partition coefficient (Wildman–Crippen LogP) is 6.10. The summed E-state index contributed by atoms with van der Waals surface area (Å²) < 4.78 is 1.73. The van der Waals surface area contributed by atoms with Crippen molar-refractivity contribution in [2.45, 2.75) is 58.3 Å². The Morgan fingerprint density at radius 2 is 1.87 bits per heavy atom. The molecule has 1 aliphatic heterocycles. The largest absolute Gasteiger partial charge is 0.313 e. The molecule has 1 fully saturated rings. The first kappa shape index (κ1) is 26.1. The van der Waals surface area contributed by atoms with Gasteiger partial charge in [-0.2, -0.15) is 0 Å². The molecule has 2 atom stereocenters. The first-order valence-electron chi connectivity index (χ1n) is 13.3. The third-order valence-electron chi connectivity index (χ3n) is 7.30. The molecule has 2 heterocycles. The highest BCUT2D eigenvalue weighted by Gasteiger charge is 2.35. The van der Waals surface area contributed by atoms with Crippen LogP contribution in [0.5, 0.6) is 0 Å². The summed E-state index contributed by atoms with van der Waals surface area (Å²) in [4.78, 5) is 35.0. The molecular formula is C31H33ClN4O2. The van der Waals surface area contributed by atoms with Gasteiger partial charge in [0.15, 0.2) is 0 Å². The van der Waals surface area contributed by atoms with Crippen LogP contribution in [0.25, 0.3) is 10.9 Å². The molecule has 0 aliphatic carbocycles. The normalized spacial score (nSPS) is 16.3. The maximum Gasteiger partial charge on any atom is 0.261 e. The Morgan fingerprint density at radius 1 is 1.11 bits per heavy atom. The third kappa shape index (κ3) is 5.38. The lowest BCUT2D eigenvalue weighted by Crippen LogP contribution is -2.53. The fraction of sp³-hybridized carbons (Fsp3) is 0.323. The van der Waals surface area contributed by atoms with Crippen molar-refractivity contribution < 1.29 is 4.79 Å². The van der Waals surface area contributed by atoms with Crippen molar-refractivity contribution in [3.05, 3.63) is 111 Å². The van der Waals surface area contributed by atoms with Crippen molar-refractivity contribution in [2.24, 2.45) is 0 Å². The number of fused-ring (bicyclic) bond motifs is 1. The van der Waals surface area contributed by atoms with Gasteiger partial charge in [-0.25, -0.2) is 4.98 Å². The van der Waals surface area contributed by atoms with E-state index in [2.05, 4.69) is 5.32 Å². The highest BCUT2D eigenvalue weighted by Crippen LogP contribution is 2.30. The van der Waals surface area contributed by atoms with E-state index < -0.39 is 6.04 Å². The van der Waals surface area contributed by atoms with E-state index in [0.29, 0.717) is 40.3 Å². The lowest BCUT2D eigenvalue weighted by molar-refractivity contribution is 0.0436. The van der Waals surface area contributed by atoms with Gasteiger partial charge in [-0.15, -0.1) is 0 Å². The molecule has 0 radical (unpaired) electrons. The molecule has 0 spiro atoms. The predicted molar refractivity (Wildman–Crippen MR) is 153 cm³/mol. The molecule has 6 nitrogen and oxygen atoms in total. The number of aromatic nitrogens is 2. The van der Waals surface area contributed by atoms with Crippen LogP contribution < -0.4 is 10.9 Å². The first-order valence-corrected chi connectivity index (χ1v) is 13.7. The van der Waals surface area contributed by atoms with Crippen molar-refractivity contribution >= 4 is 28.4 Å². The molecule has 0 bridgehead atoms. The molecule has 38 heavy (non-hydrogen) atoms. The summed E-state index contributed by atoms with van der Waals surface area (Å²) in [5, 5.41) is 4.59. The van der Waals surface area contributed by atoms with E-state index in [9.17, 15) is 9.59 Å². The van der Waals surface area contributed by atoms with E-state index in [-0.39, 0.29) is 17.6 Å². The topological polar surface area (TPSA) is 67.2 Å². The van der Waals surface area contributed by atoms with Crippen molar-refractivity contribution in [3.8, 4) is 0 Å². The number of nitrogens with zero attached hydrogens (tertiary/aromatic N) is 3. The number of aryl methyl sites for hydroxylation is 1. The van der Waals surface area contributed by atoms with Gasteiger partial charge in [0.05, 0.1) is 29.7 Å². The van der Waals surface area contributed by atoms with E-state index in [4.69, 9.17) is 16.6 Å². The van der Waals surface area contributed by atoms with Crippen LogP contribution >= 0.6 is 11.6 Å². The van der Waals surface area contributed by atoms with E-state index in [1.54, 1.807) is 22.8 Å². The summed E-state index contributed by atoms with van der Waals surface area (Å²) >= 11 is 6.31. The lowest BCUT2D eigenvalue weighted by atomic mass is 10.0. The number of rotatable bonds is 7. The Hall–Kier alpha value is -3.48. The average Bonchev–Trinajstić information content (AvgIpc) is 2.94. The van der Waals surface area contributed by atoms with Crippen LogP contribution in [0, 0.1) is 6.92 Å². The number of carbonyl (C=O) groups is 1. The van der Waals surface area contributed by atoms with Crippen molar-refractivity contribution in [2.75, 3.05) is 6.54 Å². The van der Waals surface area contributed by atoms with Gasteiger partial charge in [-0.05, 0) is 75.0 Å². The van der Waals surface area contributed by atoms with Crippen LogP contribution in [0.2, 0.25) is 5.02 Å². The van der Waals surface area contributed by atoms with E-state index in [1.165, 1.54) is 0 Å². The Bertz CT molecular complexity index is 1480. The van der Waals surface area contributed by atoms with E-state index >= 15 is 0 Å². The monoisotopic (exact) mass is 528 g/mol. The standard InChI is InChI=1S/C31H33ClN4O2/c1-3-27(36(28-11-7-8-18-33-28)30(37)23-14-12-21(2)13-15-23)29-34-26-19-24(32)16-17-25(26)31(38)35(29)20-22-9-5-4-6-10-22/h4-6,9-10,12-17,19,27-28,33H,3,7-8,11,18,20H2,1-2H3. The summed E-state index contributed by atoms with van der Waals surface area (Å²) in [6, 6.07) is 22.3. The number of amides is 1. The Morgan fingerprint density at radius 3 is 2.55 bits per heavy atom. The minimum absolute atomic E-state index is 0.0667. The van der Waals surface area contributed by atoms with Gasteiger partial charge in [0.2, 0.25) is 0 Å². The SMILES string of the molecule is CCC(c1nc2cc(Cl)ccc2c(=O)n1Cc1ccccc1)N(C(=O)c1ccc(C)cc1)C1CCCCN1. The fourth-order valence-electron chi connectivity index (χ4n) is 5.30. The molecule has 5 rings (SSSR count). The van der Waals surface area contributed by atoms with Crippen LogP contribution in [-0.4, -0.2) is 33.1 Å². The zero-order chi connectivity index (χ0) is 26.6. The molecular weight excluding hydrogens is 496 g/mol.